The molecule has 0 amide bonds. The van der Waals surface area contributed by atoms with Crippen LogP contribution in [0, 0.1) is 0 Å². The van der Waals surface area contributed by atoms with E-state index >= 15 is 0 Å². The van der Waals surface area contributed by atoms with Crippen molar-refractivity contribution in [1.29, 1.82) is 0 Å². The first kappa shape index (κ1) is 15.4. The normalized spacial score (nSPS) is 10.6. The lowest BCUT2D eigenvalue weighted by Gasteiger charge is -2.09. The van der Waals surface area contributed by atoms with E-state index < -0.39 is 0 Å². The van der Waals surface area contributed by atoms with Crippen molar-refractivity contribution < 1.29 is 19.4 Å². The predicted octanol–water partition coefficient (Wildman–Crippen LogP) is 2.89. The number of hydrogen-bond donors (Lipinski definition) is 2. The van der Waals surface area contributed by atoms with E-state index in [4.69, 9.17) is 15.2 Å². The van der Waals surface area contributed by atoms with Gasteiger partial charge in [-0.05, 0) is 35.9 Å². The van der Waals surface area contributed by atoms with Crippen molar-refractivity contribution in [3.63, 3.8) is 0 Å². The van der Waals surface area contributed by atoms with Crippen molar-refractivity contribution in [3.8, 4) is 17.2 Å². The summed E-state index contributed by atoms with van der Waals surface area (Å²) in [6.45, 7) is 0. The largest absolute Gasteiger partial charge is 0.502 e. The number of rotatable bonds is 5. The van der Waals surface area contributed by atoms with Crippen LogP contribution in [0.15, 0.2) is 42.5 Å². The number of aromatic hydroxyl groups is 1. The number of carbonyl (C=O) groups excluding carboxylic acids is 1. The highest BCUT2D eigenvalue weighted by Crippen LogP contribution is 2.37. The molecule has 0 spiro atoms. The molecule has 0 atom stereocenters. The van der Waals surface area contributed by atoms with Crippen LogP contribution in [0.1, 0.15) is 15.9 Å². The first-order chi connectivity index (χ1) is 10.5. The van der Waals surface area contributed by atoms with Crippen LogP contribution in [0.25, 0.3) is 6.08 Å². The Kier molecular flexibility index (Phi) is 4.68. The van der Waals surface area contributed by atoms with Crippen LogP contribution in [-0.2, 0) is 0 Å². The lowest BCUT2D eigenvalue weighted by Crippen LogP contribution is -1.96. The number of benzene rings is 2. The second kappa shape index (κ2) is 6.67. The number of phenols is 1. The Morgan fingerprint density at radius 3 is 2.32 bits per heavy atom. The molecule has 0 heterocycles. The summed E-state index contributed by atoms with van der Waals surface area (Å²) in [5, 5.41) is 9.84. The second-order valence-corrected chi connectivity index (χ2v) is 4.60. The van der Waals surface area contributed by atoms with Crippen molar-refractivity contribution in [1.82, 2.24) is 0 Å². The van der Waals surface area contributed by atoms with Crippen molar-refractivity contribution in [3.05, 3.63) is 53.6 Å². The molecular formula is C17H17NO4. The molecule has 0 saturated carbocycles. The number of ketones is 1. The number of ether oxygens (including phenoxy) is 2. The first-order valence-electron chi connectivity index (χ1n) is 6.58. The zero-order valence-electron chi connectivity index (χ0n) is 12.4. The van der Waals surface area contributed by atoms with E-state index in [0.717, 1.165) is 0 Å². The van der Waals surface area contributed by atoms with Gasteiger partial charge >= 0.3 is 0 Å². The van der Waals surface area contributed by atoms with Gasteiger partial charge in [0, 0.05) is 11.3 Å². The van der Waals surface area contributed by atoms with Gasteiger partial charge in [-0.1, -0.05) is 18.2 Å². The molecule has 0 aliphatic heterocycles. The molecule has 3 N–H and O–H groups in total. The molecule has 0 unspecified atom stereocenters. The van der Waals surface area contributed by atoms with Gasteiger partial charge in [-0.15, -0.1) is 0 Å². The summed E-state index contributed by atoms with van der Waals surface area (Å²) < 4.78 is 10.1. The van der Waals surface area contributed by atoms with Crippen molar-refractivity contribution in [2.75, 3.05) is 20.0 Å². The maximum atomic E-state index is 12.1. The van der Waals surface area contributed by atoms with Crippen LogP contribution in [0.5, 0.6) is 17.2 Å². The summed E-state index contributed by atoms with van der Waals surface area (Å²) >= 11 is 0. The van der Waals surface area contributed by atoms with Crippen molar-refractivity contribution in [2.24, 2.45) is 0 Å². The topological polar surface area (TPSA) is 81.8 Å². The Bertz CT molecular complexity index is 697. The minimum atomic E-state index is -0.168. The molecule has 22 heavy (non-hydrogen) atoms. The monoisotopic (exact) mass is 299 g/mol. The number of nitrogen functional groups attached to an aromatic ring is 1. The molecule has 0 aliphatic rings. The van der Waals surface area contributed by atoms with Gasteiger partial charge < -0.3 is 20.3 Å². The number of carbonyl (C=O) groups is 1. The number of methoxy groups -OCH3 is 2. The summed E-state index contributed by atoms with van der Waals surface area (Å²) in [6.07, 6.45) is 3.05. The predicted molar refractivity (Wildman–Crippen MR) is 85.4 cm³/mol. The molecule has 0 radical (unpaired) electrons. The van der Waals surface area contributed by atoms with Crippen LogP contribution in [0.4, 0.5) is 5.69 Å². The molecule has 0 aliphatic carbocycles. The fourth-order valence-electron chi connectivity index (χ4n) is 1.97. The van der Waals surface area contributed by atoms with Gasteiger partial charge in [-0.25, -0.2) is 0 Å². The van der Waals surface area contributed by atoms with Crippen LogP contribution in [0.2, 0.25) is 0 Å². The van der Waals surface area contributed by atoms with Gasteiger partial charge in [0.25, 0.3) is 0 Å². The molecule has 2 rings (SSSR count). The summed E-state index contributed by atoms with van der Waals surface area (Å²) in [5.41, 5.74) is 7.37. The minimum Gasteiger partial charge on any atom is -0.502 e. The van der Waals surface area contributed by atoms with Gasteiger partial charge in [0.15, 0.2) is 17.3 Å². The molecule has 114 valence electrons. The molecule has 0 aromatic heterocycles. The molecule has 5 nitrogen and oxygen atoms in total. The third-order valence-corrected chi connectivity index (χ3v) is 3.10. The second-order valence-electron chi connectivity index (χ2n) is 4.60. The number of nitrogens with two attached hydrogens (primary N) is 1. The average Bonchev–Trinajstić information content (AvgIpc) is 2.53. The van der Waals surface area contributed by atoms with Gasteiger partial charge in [0.05, 0.1) is 14.2 Å². The van der Waals surface area contributed by atoms with E-state index in [1.165, 1.54) is 20.3 Å². The van der Waals surface area contributed by atoms with Crippen LogP contribution in [0.3, 0.4) is 0 Å². The summed E-state index contributed by atoms with van der Waals surface area (Å²) in [4.78, 5) is 12.1. The van der Waals surface area contributed by atoms with Gasteiger partial charge in [-0.2, -0.15) is 0 Å². The highest BCUT2D eigenvalue weighted by molar-refractivity contribution is 6.07. The van der Waals surface area contributed by atoms with Crippen LogP contribution in [-0.4, -0.2) is 25.1 Å². The smallest absolute Gasteiger partial charge is 0.200 e. The Hall–Kier alpha value is -2.95. The average molecular weight is 299 g/mol. The van der Waals surface area contributed by atoms with Gasteiger partial charge in [0.2, 0.25) is 5.75 Å². The number of allylic oxidation sites excluding steroid dienone is 1. The maximum absolute atomic E-state index is 12.1. The molecule has 0 fully saturated rings. The van der Waals surface area contributed by atoms with Gasteiger partial charge in [-0.3, -0.25) is 4.79 Å². The highest BCUT2D eigenvalue weighted by Gasteiger charge is 2.10. The van der Waals surface area contributed by atoms with Crippen LogP contribution >= 0.6 is 0 Å². The lowest BCUT2D eigenvalue weighted by molar-refractivity contribution is 0.104. The third kappa shape index (κ3) is 3.38. The third-order valence-electron chi connectivity index (χ3n) is 3.10. The maximum Gasteiger partial charge on any atom is 0.200 e. The first-order valence-corrected chi connectivity index (χ1v) is 6.58. The quantitative estimate of drug-likeness (QED) is 0.504. The van der Waals surface area contributed by atoms with E-state index in [2.05, 4.69) is 0 Å². The Morgan fingerprint density at radius 2 is 1.77 bits per heavy atom. The van der Waals surface area contributed by atoms with E-state index in [0.29, 0.717) is 16.8 Å². The van der Waals surface area contributed by atoms with E-state index in [1.54, 1.807) is 42.5 Å². The zero-order chi connectivity index (χ0) is 16.1. The Labute approximate surface area is 128 Å². The van der Waals surface area contributed by atoms with Gasteiger partial charge in [0.1, 0.15) is 0 Å². The molecule has 5 heteroatoms. The molecule has 2 aromatic rings. The van der Waals surface area contributed by atoms with E-state index in [9.17, 15) is 9.90 Å². The summed E-state index contributed by atoms with van der Waals surface area (Å²) in [7, 11) is 2.89. The lowest BCUT2D eigenvalue weighted by atomic mass is 10.1. The molecule has 0 bridgehead atoms. The fourth-order valence-corrected chi connectivity index (χ4v) is 1.97. The standard InChI is InChI=1S/C17H17NO4/c1-21-15-8-11(9-16(22-2)17(15)20)6-7-14(19)12-4-3-5-13(18)10-12/h3-10,20H,18H2,1-2H3/b7-6+. The summed E-state index contributed by atoms with van der Waals surface area (Å²) in [5.74, 6) is 0.299. The molecule has 0 saturated heterocycles. The molecule has 2 aromatic carbocycles. The fraction of sp³-hybridized carbons (Fsp3) is 0.118. The van der Waals surface area contributed by atoms with E-state index in [1.807, 2.05) is 0 Å². The van der Waals surface area contributed by atoms with Crippen molar-refractivity contribution >= 4 is 17.5 Å². The number of hydrogen-bond acceptors (Lipinski definition) is 5. The SMILES string of the molecule is COc1cc(/C=C/C(=O)c2cccc(N)c2)cc(OC)c1O. The van der Waals surface area contributed by atoms with Crippen molar-refractivity contribution in [2.45, 2.75) is 0 Å². The zero-order valence-corrected chi connectivity index (χ0v) is 12.4. The minimum absolute atomic E-state index is 0.0793. The summed E-state index contributed by atoms with van der Waals surface area (Å²) in [6, 6.07) is 9.98. The molecular weight excluding hydrogens is 282 g/mol. The van der Waals surface area contributed by atoms with Crippen LogP contribution < -0.4 is 15.2 Å². The number of anilines is 1. The van der Waals surface area contributed by atoms with E-state index in [-0.39, 0.29) is 23.0 Å². The Balaban J connectivity index is 2.28. The Morgan fingerprint density at radius 1 is 1.14 bits per heavy atom. The number of phenolic OH excluding ortho intramolecular Hbond substituents is 1. The highest BCUT2D eigenvalue weighted by atomic mass is 16.5.